The summed E-state index contributed by atoms with van der Waals surface area (Å²) >= 11 is 0. The van der Waals surface area contributed by atoms with Gasteiger partial charge in [-0.25, -0.2) is 0 Å². The van der Waals surface area contributed by atoms with Crippen LogP contribution < -0.4 is 0 Å². The molecule has 3 nitrogen and oxygen atoms in total. The quantitative estimate of drug-likeness (QED) is 0.842. The fourth-order valence-electron chi connectivity index (χ4n) is 4.02. The van der Waals surface area contributed by atoms with E-state index in [-0.39, 0.29) is 0 Å². The van der Waals surface area contributed by atoms with E-state index in [2.05, 4.69) is 29.7 Å². The maximum absolute atomic E-state index is 5.53. The molecule has 0 aromatic carbocycles. The number of piperazine rings is 1. The number of fused-ring (bicyclic) bond motifs is 1. The Morgan fingerprint density at radius 2 is 2.25 bits per heavy atom. The third kappa shape index (κ3) is 2.94. The van der Waals surface area contributed by atoms with Gasteiger partial charge in [-0.15, -0.1) is 0 Å². The van der Waals surface area contributed by atoms with Gasteiger partial charge in [0, 0.05) is 37.6 Å². The van der Waals surface area contributed by atoms with E-state index in [0.717, 1.165) is 18.2 Å². The molecule has 0 N–H and O–H groups in total. The summed E-state index contributed by atoms with van der Waals surface area (Å²) in [4.78, 5) is 5.49. The Kier molecular flexibility index (Phi) is 4.47. The minimum absolute atomic E-state index is 0.579. The molecule has 1 aromatic rings. The molecule has 0 amide bonds. The lowest BCUT2D eigenvalue weighted by Gasteiger charge is -2.50. The molecule has 0 bridgehead atoms. The largest absolute Gasteiger partial charge is 0.469 e. The van der Waals surface area contributed by atoms with Gasteiger partial charge in [0.2, 0.25) is 0 Å². The van der Waals surface area contributed by atoms with E-state index in [9.17, 15) is 0 Å². The summed E-state index contributed by atoms with van der Waals surface area (Å²) in [6.07, 6.45) is 8.29. The van der Waals surface area contributed by atoms with Crippen molar-refractivity contribution in [2.24, 2.45) is 0 Å². The second kappa shape index (κ2) is 6.31. The van der Waals surface area contributed by atoms with Gasteiger partial charge in [-0.05, 0) is 44.9 Å². The predicted octanol–water partition coefficient (Wildman–Crippen LogP) is 3.16. The highest BCUT2D eigenvalue weighted by molar-refractivity contribution is 5.02. The normalized spacial score (nSPS) is 30.1. The molecule has 0 aliphatic carbocycles. The molecule has 3 unspecified atom stereocenters. The summed E-state index contributed by atoms with van der Waals surface area (Å²) in [6.45, 7) is 8.54. The third-order valence-electron chi connectivity index (χ3n) is 5.20. The highest BCUT2D eigenvalue weighted by Crippen LogP contribution is 2.27. The van der Waals surface area contributed by atoms with Crippen LogP contribution in [0.3, 0.4) is 0 Å². The van der Waals surface area contributed by atoms with Crippen LogP contribution in [0.15, 0.2) is 22.8 Å². The molecule has 2 fully saturated rings. The van der Waals surface area contributed by atoms with Crippen molar-refractivity contribution in [3.63, 3.8) is 0 Å². The van der Waals surface area contributed by atoms with Gasteiger partial charge in [0.05, 0.1) is 6.26 Å². The van der Waals surface area contributed by atoms with Crippen molar-refractivity contribution in [3.05, 3.63) is 24.2 Å². The van der Waals surface area contributed by atoms with Crippen LogP contribution in [-0.4, -0.2) is 47.6 Å². The molecule has 2 aliphatic rings. The first-order valence-corrected chi connectivity index (χ1v) is 8.30. The first-order valence-electron chi connectivity index (χ1n) is 8.30. The van der Waals surface area contributed by atoms with Crippen LogP contribution in [0.4, 0.5) is 0 Å². The zero-order valence-electron chi connectivity index (χ0n) is 12.9. The van der Waals surface area contributed by atoms with E-state index in [0.29, 0.717) is 12.1 Å². The second-order valence-corrected chi connectivity index (χ2v) is 6.54. The molecular weight excluding hydrogens is 248 g/mol. The van der Waals surface area contributed by atoms with Gasteiger partial charge in [-0.1, -0.05) is 13.3 Å². The van der Waals surface area contributed by atoms with Gasteiger partial charge in [-0.3, -0.25) is 9.80 Å². The van der Waals surface area contributed by atoms with Gasteiger partial charge < -0.3 is 4.42 Å². The number of hydrogen-bond donors (Lipinski definition) is 0. The van der Waals surface area contributed by atoms with E-state index in [4.69, 9.17) is 4.42 Å². The second-order valence-electron chi connectivity index (χ2n) is 6.54. The van der Waals surface area contributed by atoms with Crippen molar-refractivity contribution in [1.29, 1.82) is 0 Å². The van der Waals surface area contributed by atoms with Gasteiger partial charge >= 0.3 is 0 Å². The Hall–Kier alpha value is -0.800. The number of rotatable bonds is 4. The summed E-state index contributed by atoms with van der Waals surface area (Å²) in [6, 6.07) is 6.20. The van der Waals surface area contributed by atoms with Crippen LogP contribution in [0.25, 0.3) is 0 Å². The fraction of sp³-hybridized carbons (Fsp3) is 0.765. The van der Waals surface area contributed by atoms with Gasteiger partial charge in [0.15, 0.2) is 0 Å². The van der Waals surface area contributed by atoms with Crippen molar-refractivity contribution >= 4 is 0 Å². The molecule has 0 saturated carbocycles. The van der Waals surface area contributed by atoms with E-state index in [1.165, 1.54) is 45.3 Å². The minimum atomic E-state index is 0.579. The molecule has 0 radical (unpaired) electrons. The highest BCUT2D eigenvalue weighted by Gasteiger charge is 2.36. The standard InChI is InChI=1S/C17H28N2O/c1-3-15-12-18-9-5-4-7-16(18)13-19(15)14(2)11-17-8-6-10-20-17/h6,8,10,14-16H,3-5,7,9,11-13H2,1-2H3. The van der Waals surface area contributed by atoms with E-state index in [1.807, 2.05) is 6.07 Å². The molecule has 3 heteroatoms. The van der Waals surface area contributed by atoms with Crippen molar-refractivity contribution in [2.75, 3.05) is 19.6 Å². The fourth-order valence-corrected chi connectivity index (χ4v) is 4.02. The Morgan fingerprint density at radius 3 is 3.00 bits per heavy atom. The molecule has 3 atom stereocenters. The number of furan rings is 1. The minimum Gasteiger partial charge on any atom is -0.469 e. The monoisotopic (exact) mass is 276 g/mol. The predicted molar refractivity (Wildman–Crippen MR) is 81.9 cm³/mol. The number of nitrogens with zero attached hydrogens (tertiary/aromatic N) is 2. The van der Waals surface area contributed by atoms with E-state index >= 15 is 0 Å². The van der Waals surface area contributed by atoms with Crippen LogP contribution >= 0.6 is 0 Å². The zero-order valence-corrected chi connectivity index (χ0v) is 12.9. The summed E-state index contributed by atoms with van der Waals surface area (Å²) in [7, 11) is 0. The van der Waals surface area contributed by atoms with Crippen LogP contribution in [-0.2, 0) is 6.42 Å². The Morgan fingerprint density at radius 1 is 1.35 bits per heavy atom. The van der Waals surface area contributed by atoms with Crippen LogP contribution in [0.1, 0.15) is 45.3 Å². The highest BCUT2D eigenvalue weighted by atomic mass is 16.3. The van der Waals surface area contributed by atoms with Gasteiger partial charge in [0.1, 0.15) is 5.76 Å². The first kappa shape index (κ1) is 14.2. The van der Waals surface area contributed by atoms with Crippen molar-refractivity contribution in [1.82, 2.24) is 9.80 Å². The third-order valence-corrected chi connectivity index (χ3v) is 5.20. The van der Waals surface area contributed by atoms with Crippen LogP contribution in [0.5, 0.6) is 0 Å². The Balaban J connectivity index is 1.66. The number of piperidine rings is 1. The molecule has 2 aliphatic heterocycles. The summed E-state index contributed by atoms with van der Waals surface area (Å²) < 4.78 is 5.53. The lowest BCUT2D eigenvalue weighted by atomic mass is 9.94. The smallest absolute Gasteiger partial charge is 0.105 e. The van der Waals surface area contributed by atoms with Gasteiger partial charge in [0.25, 0.3) is 0 Å². The van der Waals surface area contributed by atoms with E-state index < -0.39 is 0 Å². The summed E-state index contributed by atoms with van der Waals surface area (Å²) in [5.74, 6) is 1.12. The lowest BCUT2D eigenvalue weighted by molar-refractivity contribution is -0.0124. The first-order chi connectivity index (χ1) is 9.78. The summed E-state index contributed by atoms with van der Waals surface area (Å²) in [5.41, 5.74) is 0. The average molecular weight is 276 g/mol. The Labute approximate surface area is 122 Å². The molecule has 20 heavy (non-hydrogen) atoms. The SMILES string of the molecule is CCC1CN2CCCCC2CN1C(C)Cc1ccco1. The molecule has 3 rings (SSSR count). The average Bonchev–Trinajstić information content (AvgIpc) is 2.98. The lowest BCUT2D eigenvalue weighted by Crippen LogP contribution is -2.61. The van der Waals surface area contributed by atoms with Crippen molar-refractivity contribution in [3.8, 4) is 0 Å². The zero-order chi connectivity index (χ0) is 13.9. The molecule has 1 aromatic heterocycles. The maximum Gasteiger partial charge on any atom is 0.105 e. The molecule has 3 heterocycles. The van der Waals surface area contributed by atoms with Crippen LogP contribution in [0, 0.1) is 0 Å². The molecule has 112 valence electrons. The van der Waals surface area contributed by atoms with Crippen molar-refractivity contribution < 1.29 is 4.42 Å². The maximum atomic E-state index is 5.53. The van der Waals surface area contributed by atoms with Crippen LogP contribution in [0.2, 0.25) is 0 Å². The topological polar surface area (TPSA) is 19.6 Å². The number of hydrogen-bond acceptors (Lipinski definition) is 3. The Bertz CT molecular complexity index is 403. The summed E-state index contributed by atoms with van der Waals surface area (Å²) in [5, 5.41) is 0. The molecular formula is C17H28N2O. The van der Waals surface area contributed by atoms with Crippen molar-refractivity contribution in [2.45, 2.75) is 64.1 Å². The van der Waals surface area contributed by atoms with E-state index in [1.54, 1.807) is 6.26 Å². The molecule has 2 saturated heterocycles. The molecule has 0 spiro atoms. The van der Waals surface area contributed by atoms with Gasteiger partial charge in [-0.2, -0.15) is 0 Å².